The van der Waals surface area contributed by atoms with Crippen molar-refractivity contribution >= 4 is 29.4 Å². The topological polar surface area (TPSA) is 114 Å². The number of nitrogens with two attached hydrogens (primary N) is 1. The normalized spacial score (nSPS) is 19.3. The Kier molecular flexibility index (Phi) is 7.48. The Hall–Kier alpha value is -2.97. The van der Waals surface area contributed by atoms with Gasteiger partial charge in [-0.25, -0.2) is 4.79 Å². The number of benzene rings is 1. The van der Waals surface area contributed by atoms with Gasteiger partial charge in [0.25, 0.3) is 6.73 Å². The molecule has 1 heterocycles. The van der Waals surface area contributed by atoms with E-state index in [0.29, 0.717) is 29.0 Å². The molecule has 1 amide bonds. The van der Waals surface area contributed by atoms with Gasteiger partial charge in [0.2, 0.25) is 0 Å². The summed E-state index contributed by atoms with van der Waals surface area (Å²) in [6.07, 6.45) is 5.25. The number of pyridine rings is 1. The van der Waals surface area contributed by atoms with Crippen molar-refractivity contribution in [3.63, 3.8) is 0 Å². The molecule has 32 heavy (non-hydrogen) atoms. The summed E-state index contributed by atoms with van der Waals surface area (Å²) < 4.78 is 7.10. The lowest BCUT2D eigenvalue weighted by Gasteiger charge is -2.43. The highest BCUT2D eigenvalue weighted by Gasteiger charge is 2.48. The third-order valence-corrected chi connectivity index (χ3v) is 6.18. The molecule has 9 heteroatoms. The van der Waals surface area contributed by atoms with Crippen molar-refractivity contribution in [3.8, 4) is 0 Å². The van der Waals surface area contributed by atoms with Gasteiger partial charge in [0, 0.05) is 42.1 Å². The van der Waals surface area contributed by atoms with Crippen LogP contribution < -0.4 is 10.3 Å². The Bertz CT molecular complexity index is 1010. The minimum absolute atomic E-state index is 0.0615. The Labute approximate surface area is 191 Å². The number of hydrogen-bond acceptors (Lipinski definition) is 5. The molecule has 2 aromatic rings. The standard InChI is InChI=1S/C23H26ClN3O5/c1-26(23(11-5-4-10-20(23)28)17-8-2-3-9-18(17)24)22(31)32-15-27-12-6-7-16(14-27)13-19(25)21(29)30/h2-3,6-9,12,14,19H,4-5,10-11,13,15,25H2,1H3/p+1/t19-,23+/m0/s1. The number of aliphatic carboxylic acids is 1. The quantitative estimate of drug-likeness (QED) is 0.614. The summed E-state index contributed by atoms with van der Waals surface area (Å²) in [5, 5.41) is 9.42. The van der Waals surface area contributed by atoms with Gasteiger partial charge in [-0.2, -0.15) is 4.57 Å². The molecule has 1 aliphatic rings. The van der Waals surface area contributed by atoms with Crippen LogP contribution in [0.1, 0.15) is 36.8 Å². The Balaban J connectivity index is 1.77. The van der Waals surface area contributed by atoms with E-state index in [1.165, 1.54) is 4.90 Å². The van der Waals surface area contributed by atoms with E-state index in [1.54, 1.807) is 60.4 Å². The molecule has 2 atom stereocenters. The van der Waals surface area contributed by atoms with Crippen molar-refractivity contribution < 1.29 is 28.8 Å². The van der Waals surface area contributed by atoms with Crippen molar-refractivity contribution in [2.45, 2.75) is 50.4 Å². The highest BCUT2D eigenvalue weighted by atomic mass is 35.5. The van der Waals surface area contributed by atoms with Crippen LogP contribution in [0, 0.1) is 0 Å². The first-order valence-corrected chi connectivity index (χ1v) is 10.8. The smallest absolute Gasteiger partial charge is 0.415 e. The van der Waals surface area contributed by atoms with Gasteiger partial charge in [-0.15, -0.1) is 0 Å². The number of hydrogen-bond donors (Lipinski definition) is 2. The predicted octanol–water partition coefficient (Wildman–Crippen LogP) is 2.65. The third-order valence-electron chi connectivity index (χ3n) is 5.85. The summed E-state index contributed by atoms with van der Waals surface area (Å²) in [6.45, 7) is -0.105. The van der Waals surface area contributed by atoms with E-state index < -0.39 is 23.6 Å². The van der Waals surface area contributed by atoms with E-state index in [1.807, 2.05) is 0 Å². The van der Waals surface area contributed by atoms with Crippen LogP contribution in [0.15, 0.2) is 48.8 Å². The number of nitrogens with zero attached hydrogens (tertiary/aromatic N) is 2. The molecular formula is C23H27ClN3O5+. The van der Waals surface area contributed by atoms with Crippen LogP contribution in [-0.4, -0.2) is 40.9 Å². The largest absolute Gasteiger partial charge is 0.480 e. The lowest BCUT2D eigenvalue weighted by Crippen LogP contribution is -2.55. The van der Waals surface area contributed by atoms with E-state index in [9.17, 15) is 14.4 Å². The fraction of sp³-hybridized carbons (Fsp3) is 0.391. The highest BCUT2D eigenvalue weighted by Crippen LogP contribution is 2.42. The molecule has 1 saturated carbocycles. The molecule has 1 aromatic heterocycles. The van der Waals surface area contributed by atoms with Crippen molar-refractivity contribution in [2.75, 3.05) is 7.05 Å². The molecule has 3 N–H and O–H groups in total. The minimum Gasteiger partial charge on any atom is -0.480 e. The average Bonchev–Trinajstić information content (AvgIpc) is 2.78. The number of ether oxygens (including phenoxy) is 1. The molecule has 0 bridgehead atoms. The highest BCUT2D eigenvalue weighted by molar-refractivity contribution is 6.31. The minimum atomic E-state index is -1.17. The fourth-order valence-corrected chi connectivity index (χ4v) is 4.42. The van der Waals surface area contributed by atoms with E-state index in [2.05, 4.69) is 0 Å². The van der Waals surface area contributed by atoms with Crippen LogP contribution in [0.2, 0.25) is 5.02 Å². The summed E-state index contributed by atoms with van der Waals surface area (Å²) in [5.41, 5.74) is 5.72. The molecule has 0 saturated heterocycles. The first kappa shape index (κ1) is 23.7. The first-order valence-electron chi connectivity index (χ1n) is 10.4. The molecule has 1 fully saturated rings. The van der Waals surface area contributed by atoms with Gasteiger partial charge in [0.05, 0.1) is 0 Å². The second-order valence-electron chi connectivity index (χ2n) is 7.94. The molecule has 0 aliphatic heterocycles. The van der Waals surface area contributed by atoms with Crippen LogP contribution >= 0.6 is 11.6 Å². The second kappa shape index (κ2) is 10.1. The van der Waals surface area contributed by atoms with Crippen molar-refractivity contribution in [3.05, 3.63) is 64.9 Å². The maximum absolute atomic E-state index is 13.1. The zero-order valence-corrected chi connectivity index (χ0v) is 18.6. The molecule has 0 radical (unpaired) electrons. The van der Waals surface area contributed by atoms with Gasteiger partial charge >= 0.3 is 12.1 Å². The zero-order valence-electron chi connectivity index (χ0n) is 17.9. The maximum atomic E-state index is 13.1. The van der Waals surface area contributed by atoms with E-state index in [4.69, 9.17) is 27.2 Å². The van der Waals surface area contributed by atoms with Gasteiger partial charge in [0.15, 0.2) is 18.2 Å². The molecule has 8 nitrogen and oxygen atoms in total. The molecule has 0 spiro atoms. The Morgan fingerprint density at radius 3 is 2.72 bits per heavy atom. The molecule has 1 aromatic carbocycles. The summed E-state index contributed by atoms with van der Waals surface area (Å²) in [4.78, 5) is 38.4. The monoisotopic (exact) mass is 460 g/mol. The zero-order chi connectivity index (χ0) is 23.3. The number of Topliss-reactive ketones (excluding diaryl/α,β-unsaturated/α-hetero) is 1. The second-order valence-corrected chi connectivity index (χ2v) is 8.35. The number of likely N-dealkylation sites (N-methyl/N-ethyl adjacent to an activating group) is 1. The predicted molar refractivity (Wildman–Crippen MR) is 117 cm³/mol. The van der Waals surface area contributed by atoms with E-state index in [-0.39, 0.29) is 18.9 Å². The van der Waals surface area contributed by atoms with E-state index in [0.717, 1.165) is 12.8 Å². The van der Waals surface area contributed by atoms with Crippen LogP contribution in [0.25, 0.3) is 0 Å². The summed E-state index contributed by atoms with van der Waals surface area (Å²) in [6, 6.07) is 9.52. The number of halogens is 1. The Morgan fingerprint density at radius 1 is 1.28 bits per heavy atom. The SMILES string of the molecule is CN(C(=O)OC[n+]1cccc(C[C@H](N)C(=O)O)c1)[C@@]1(c2ccccc2Cl)CCCCC1=O. The van der Waals surface area contributed by atoms with Gasteiger partial charge < -0.3 is 15.6 Å². The third kappa shape index (κ3) is 4.92. The lowest BCUT2D eigenvalue weighted by atomic mass is 9.74. The molecule has 3 rings (SSSR count). The number of rotatable bonds is 7. The lowest BCUT2D eigenvalue weighted by molar-refractivity contribution is -0.727. The van der Waals surface area contributed by atoms with E-state index >= 15 is 0 Å². The van der Waals surface area contributed by atoms with Crippen molar-refractivity contribution in [2.24, 2.45) is 5.73 Å². The molecule has 0 unspecified atom stereocenters. The van der Waals surface area contributed by atoms with Crippen LogP contribution in [0.4, 0.5) is 4.79 Å². The average molecular weight is 461 g/mol. The fourth-order valence-electron chi connectivity index (χ4n) is 4.13. The maximum Gasteiger partial charge on any atom is 0.415 e. The van der Waals surface area contributed by atoms with Gasteiger partial charge in [-0.1, -0.05) is 29.8 Å². The van der Waals surface area contributed by atoms with Crippen LogP contribution in [0.5, 0.6) is 0 Å². The van der Waals surface area contributed by atoms with Crippen molar-refractivity contribution in [1.29, 1.82) is 0 Å². The van der Waals surface area contributed by atoms with Crippen molar-refractivity contribution in [1.82, 2.24) is 4.90 Å². The molecular weight excluding hydrogens is 434 g/mol. The van der Waals surface area contributed by atoms with Crippen LogP contribution in [-0.2, 0) is 33.0 Å². The number of carboxylic acid groups (broad SMARTS) is 1. The number of carboxylic acids is 1. The summed E-state index contributed by atoms with van der Waals surface area (Å²) in [5.74, 6) is -1.15. The number of carbonyl (C=O) groups is 3. The van der Waals surface area contributed by atoms with Gasteiger partial charge in [-0.05, 0) is 31.4 Å². The van der Waals surface area contributed by atoms with Gasteiger partial charge in [-0.3, -0.25) is 14.5 Å². The number of aromatic nitrogens is 1. The summed E-state index contributed by atoms with van der Waals surface area (Å²) >= 11 is 6.43. The molecule has 170 valence electrons. The Morgan fingerprint density at radius 2 is 2.03 bits per heavy atom. The number of ketones is 1. The first-order chi connectivity index (χ1) is 15.3. The van der Waals surface area contributed by atoms with Gasteiger partial charge in [0.1, 0.15) is 11.6 Å². The molecule has 1 aliphatic carbocycles. The van der Waals surface area contributed by atoms with Crippen LogP contribution in [0.3, 0.4) is 0 Å². The number of carbonyl (C=O) groups excluding carboxylic acids is 2. The number of amides is 1. The summed E-state index contributed by atoms with van der Waals surface area (Å²) in [7, 11) is 1.56.